The van der Waals surface area contributed by atoms with Crippen LogP contribution in [-0.4, -0.2) is 82.6 Å². The third-order valence-electron chi connectivity index (χ3n) is 6.25. The molecule has 0 unspecified atom stereocenters. The Bertz CT molecular complexity index is 2180. The minimum absolute atomic E-state index is 0.0246. The van der Waals surface area contributed by atoms with Gasteiger partial charge in [-0.1, -0.05) is 34.8 Å². The summed E-state index contributed by atoms with van der Waals surface area (Å²) in [6.45, 7) is 1.16. The molecule has 54 heavy (non-hydrogen) atoms. The second-order valence-corrected chi connectivity index (χ2v) is 12.8. The number of alkyl halides is 3. The Hall–Kier alpha value is -5.58. The highest BCUT2D eigenvalue weighted by molar-refractivity contribution is 7.90. The van der Waals surface area contributed by atoms with Crippen LogP contribution < -0.4 is 24.2 Å². The molecule has 0 aliphatic heterocycles. The zero-order chi connectivity index (χ0) is 40.7. The molecule has 0 fully saturated rings. The van der Waals surface area contributed by atoms with E-state index in [1.54, 1.807) is 4.72 Å². The van der Waals surface area contributed by atoms with E-state index in [1.807, 2.05) is 0 Å². The molecule has 1 atom stereocenters. The van der Waals surface area contributed by atoms with Crippen molar-refractivity contribution in [2.75, 3.05) is 19.5 Å². The number of sulfonamides is 1. The number of esters is 1. The smallest absolute Gasteiger partial charge is 0.416 e. The molecule has 2 aromatic carbocycles. The van der Waals surface area contributed by atoms with E-state index >= 15 is 0 Å². The number of hydrogen-bond donors (Lipinski definition) is 4. The monoisotopic (exact) mass is 842 g/mol. The predicted octanol–water partition coefficient (Wildman–Crippen LogP) is 5.52. The molecule has 4 aromatic rings. The molecule has 2 heterocycles. The number of aliphatic carboxylic acids is 1. The van der Waals surface area contributed by atoms with Crippen LogP contribution in [0.1, 0.15) is 33.2 Å². The second kappa shape index (κ2) is 17.5. The molecule has 0 aliphatic carbocycles. The molecular formula is C29H24Cl3F3N6O12S. The number of anilines is 1. The Morgan fingerprint density at radius 2 is 1.54 bits per heavy atom. The van der Waals surface area contributed by atoms with E-state index in [0.717, 1.165) is 32.2 Å². The number of carbonyl (C=O) groups is 4. The van der Waals surface area contributed by atoms with E-state index in [9.17, 15) is 40.8 Å². The zero-order valence-electron chi connectivity index (χ0n) is 27.6. The molecule has 2 aromatic heterocycles. The molecule has 0 saturated heterocycles. The minimum atomic E-state index is -4.64. The third-order valence-corrected chi connectivity index (χ3v) is 8.57. The lowest BCUT2D eigenvalue weighted by Crippen LogP contribution is -2.36. The number of urea groups is 1. The van der Waals surface area contributed by atoms with Gasteiger partial charge >= 0.3 is 30.1 Å². The van der Waals surface area contributed by atoms with E-state index in [4.69, 9.17) is 64.0 Å². The summed E-state index contributed by atoms with van der Waals surface area (Å²) >= 11 is 17.4. The molecule has 2 amide bonds. The van der Waals surface area contributed by atoms with Gasteiger partial charge in [-0.15, -0.1) is 0 Å². The predicted molar refractivity (Wildman–Crippen MR) is 180 cm³/mol. The minimum Gasteiger partial charge on any atom is -0.481 e. The maximum atomic E-state index is 12.7. The molecule has 0 spiro atoms. The quantitative estimate of drug-likeness (QED) is 0.136. The van der Waals surface area contributed by atoms with Crippen molar-refractivity contribution in [3.8, 4) is 23.3 Å². The number of carboxylic acid groups (broad SMARTS) is 2. The SMILES string of the molecule is COc1cc(OC)nc(NC(=O)NS(=O)(=O)c2c(C(=O)O)c(Cl)nn2C)n1.C[C@H](OC(=O)c1cc(Oc2ccc(C(F)(F)F)cc2Cl)ccc1Cl)C(=O)O. The number of halogens is 6. The molecule has 4 rings (SSSR count). The van der Waals surface area contributed by atoms with Crippen molar-refractivity contribution in [3.05, 3.63) is 74.4 Å². The summed E-state index contributed by atoms with van der Waals surface area (Å²) in [7, 11) is -0.858. The number of aromatic carboxylic acids is 1. The highest BCUT2D eigenvalue weighted by atomic mass is 35.5. The van der Waals surface area contributed by atoms with Gasteiger partial charge in [0.15, 0.2) is 16.3 Å². The largest absolute Gasteiger partial charge is 0.481 e. The highest BCUT2D eigenvalue weighted by Gasteiger charge is 2.33. The van der Waals surface area contributed by atoms with Gasteiger partial charge in [0.05, 0.1) is 41.5 Å². The first-order valence-corrected chi connectivity index (χ1v) is 16.7. The van der Waals surface area contributed by atoms with Gasteiger partial charge in [-0.3, -0.25) is 10.00 Å². The van der Waals surface area contributed by atoms with E-state index in [-0.39, 0.29) is 44.8 Å². The first-order chi connectivity index (χ1) is 25.1. The van der Waals surface area contributed by atoms with Crippen LogP contribution in [0, 0.1) is 0 Å². The number of aromatic nitrogens is 4. The number of aryl methyl sites for hydroxylation is 1. The highest BCUT2D eigenvalue weighted by Crippen LogP contribution is 2.37. The van der Waals surface area contributed by atoms with Crippen molar-refractivity contribution in [1.82, 2.24) is 24.5 Å². The number of nitrogens with one attached hydrogen (secondary N) is 2. The summed E-state index contributed by atoms with van der Waals surface area (Å²) in [4.78, 5) is 53.7. The van der Waals surface area contributed by atoms with Crippen molar-refractivity contribution >= 4 is 74.7 Å². The lowest BCUT2D eigenvalue weighted by molar-refractivity contribution is -0.146. The standard InChI is InChI=1S/C17H11Cl2F3O5.C12H13ClN6O7S/c1-8(15(23)24)26-16(25)11-7-10(3-4-12(11)18)27-14-5-2-9(6-13(14)19)17(20,21)22;1-19-9(7(10(20)21)8(13)17-19)27(23,24)18-12(22)16-11-14-5(25-2)4-6(15-11)26-3/h2-8H,1H3,(H,23,24);4H,1-3H3,(H,20,21)(H2,14,15,16,18,22)/t8-;/m0./s1. The molecule has 0 saturated carbocycles. The average Bonchev–Trinajstić information content (AvgIpc) is 3.39. The molecular weight excluding hydrogens is 820 g/mol. The van der Waals surface area contributed by atoms with Crippen LogP contribution in [-0.2, 0) is 32.8 Å². The molecule has 4 N–H and O–H groups in total. The van der Waals surface area contributed by atoms with E-state index in [1.165, 1.54) is 32.4 Å². The van der Waals surface area contributed by atoms with Crippen LogP contribution in [0.15, 0.2) is 47.5 Å². The number of carbonyl (C=O) groups excluding carboxylic acids is 2. The Morgan fingerprint density at radius 1 is 0.926 bits per heavy atom. The van der Waals surface area contributed by atoms with Gasteiger partial charge < -0.3 is 29.2 Å². The zero-order valence-corrected chi connectivity index (χ0v) is 30.6. The maximum absolute atomic E-state index is 12.7. The van der Waals surface area contributed by atoms with Gasteiger partial charge in [-0.25, -0.2) is 23.9 Å². The molecule has 0 aliphatic rings. The lowest BCUT2D eigenvalue weighted by atomic mass is 10.2. The van der Waals surface area contributed by atoms with Gasteiger partial charge in [-0.05, 0) is 43.3 Å². The number of nitrogens with zero attached hydrogens (tertiary/aromatic N) is 4. The Balaban J connectivity index is 0.000000290. The Kier molecular flexibility index (Phi) is 13.9. The fraction of sp³-hybridized carbons (Fsp3) is 0.207. The topological polar surface area (TPSA) is 247 Å². The van der Waals surface area contributed by atoms with Crippen LogP contribution >= 0.6 is 34.8 Å². The van der Waals surface area contributed by atoms with Gasteiger partial charge in [0.25, 0.3) is 10.0 Å². The van der Waals surface area contributed by atoms with Crippen LogP contribution in [0.4, 0.5) is 23.9 Å². The number of hydrogen-bond acceptors (Lipinski definition) is 13. The lowest BCUT2D eigenvalue weighted by Gasteiger charge is -2.13. The first kappa shape index (κ1) is 42.8. The van der Waals surface area contributed by atoms with Crippen LogP contribution in [0.25, 0.3) is 0 Å². The number of benzene rings is 2. The summed E-state index contributed by atoms with van der Waals surface area (Å²) in [6, 6.07) is 6.40. The summed E-state index contributed by atoms with van der Waals surface area (Å²) < 4.78 is 85.0. The second-order valence-electron chi connectivity index (χ2n) is 10.0. The van der Waals surface area contributed by atoms with Crippen molar-refractivity contribution in [2.24, 2.45) is 7.05 Å². The molecule has 0 bridgehead atoms. The fourth-order valence-corrected chi connectivity index (χ4v) is 5.80. The number of amides is 2. The van der Waals surface area contributed by atoms with Crippen LogP contribution in [0.5, 0.6) is 23.3 Å². The fourth-order valence-electron chi connectivity index (χ4n) is 3.82. The van der Waals surface area contributed by atoms with E-state index in [2.05, 4.69) is 20.4 Å². The van der Waals surface area contributed by atoms with Crippen molar-refractivity contribution in [3.63, 3.8) is 0 Å². The van der Waals surface area contributed by atoms with Gasteiger partial charge in [-0.2, -0.15) is 36.7 Å². The van der Waals surface area contributed by atoms with Crippen molar-refractivity contribution in [2.45, 2.75) is 24.2 Å². The first-order valence-electron chi connectivity index (χ1n) is 14.1. The molecule has 290 valence electrons. The van der Waals surface area contributed by atoms with Gasteiger partial charge in [0, 0.05) is 7.05 Å². The van der Waals surface area contributed by atoms with Gasteiger partial charge in [0.2, 0.25) is 17.7 Å². The summed E-state index contributed by atoms with van der Waals surface area (Å²) in [6.07, 6.45) is -5.96. The third kappa shape index (κ3) is 11.0. The summed E-state index contributed by atoms with van der Waals surface area (Å²) in [5.74, 6) is -4.24. The Morgan fingerprint density at radius 3 is 2.06 bits per heavy atom. The Labute approximate surface area is 316 Å². The van der Waals surface area contributed by atoms with Crippen LogP contribution in [0.2, 0.25) is 15.2 Å². The number of methoxy groups -OCH3 is 2. The van der Waals surface area contributed by atoms with Crippen molar-refractivity contribution < 1.29 is 69.9 Å². The average molecular weight is 844 g/mol. The van der Waals surface area contributed by atoms with Gasteiger partial charge in [0.1, 0.15) is 17.1 Å². The normalized spacial score (nSPS) is 11.7. The summed E-state index contributed by atoms with van der Waals surface area (Å²) in [5, 5.41) is 21.8. The maximum Gasteiger partial charge on any atom is 0.416 e. The van der Waals surface area contributed by atoms with Crippen molar-refractivity contribution in [1.29, 1.82) is 0 Å². The molecule has 18 nitrogen and oxygen atoms in total. The van der Waals surface area contributed by atoms with Crippen LogP contribution in [0.3, 0.4) is 0 Å². The molecule has 25 heteroatoms. The number of rotatable bonds is 11. The van der Waals surface area contributed by atoms with E-state index in [0.29, 0.717) is 10.7 Å². The van der Waals surface area contributed by atoms with E-state index < -0.39 is 67.5 Å². The number of ether oxygens (including phenoxy) is 4. The number of carboxylic acids is 2. The molecule has 0 radical (unpaired) electrons. The summed E-state index contributed by atoms with van der Waals surface area (Å²) in [5.41, 5.74) is -1.90.